The van der Waals surface area contributed by atoms with Crippen LogP contribution in [0.2, 0.25) is 0 Å². The zero-order valence-electron chi connectivity index (χ0n) is 7.07. The molecule has 1 N–H and O–H groups in total. The first-order valence-corrected chi connectivity index (χ1v) is 4.76. The van der Waals surface area contributed by atoms with Crippen LogP contribution in [0.25, 0.3) is 0 Å². The van der Waals surface area contributed by atoms with Gasteiger partial charge in [-0.3, -0.25) is 0 Å². The van der Waals surface area contributed by atoms with Gasteiger partial charge in [0.25, 0.3) is 0 Å². The van der Waals surface area contributed by atoms with Crippen molar-refractivity contribution >= 4 is 0 Å². The van der Waals surface area contributed by atoms with Crippen LogP contribution in [-0.2, 0) is 4.74 Å². The van der Waals surface area contributed by atoms with Gasteiger partial charge >= 0.3 is 0 Å². The van der Waals surface area contributed by atoms with Gasteiger partial charge in [-0.2, -0.15) is 0 Å². The molecular weight excluding hydrogens is 138 g/mol. The van der Waals surface area contributed by atoms with Gasteiger partial charge in [0.15, 0.2) is 0 Å². The summed E-state index contributed by atoms with van der Waals surface area (Å²) < 4.78 is 5.84. The fraction of sp³-hybridized carbons (Fsp3) is 1.00. The van der Waals surface area contributed by atoms with E-state index in [-0.39, 0.29) is 5.60 Å². The number of hydrogen-bond acceptors (Lipinski definition) is 2. The van der Waals surface area contributed by atoms with Crippen LogP contribution in [0.15, 0.2) is 0 Å². The van der Waals surface area contributed by atoms with Gasteiger partial charge in [0.05, 0.1) is 5.60 Å². The Balaban J connectivity index is 1.86. The second-order valence-corrected chi connectivity index (χ2v) is 3.77. The Morgan fingerprint density at radius 2 is 2.00 bits per heavy atom. The molecule has 0 amide bonds. The fourth-order valence-electron chi connectivity index (χ4n) is 1.90. The Bertz CT molecular complexity index is 122. The van der Waals surface area contributed by atoms with Gasteiger partial charge in [0.1, 0.15) is 0 Å². The molecule has 1 heterocycles. The van der Waals surface area contributed by atoms with Gasteiger partial charge in [0, 0.05) is 13.2 Å². The number of nitrogens with one attached hydrogen (secondary N) is 1. The van der Waals surface area contributed by atoms with Crippen LogP contribution in [0.4, 0.5) is 0 Å². The molecule has 0 unspecified atom stereocenters. The maximum Gasteiger partial charge on any atom is 0.0806 e. The van der Waals surface area contributed by atoms with Crippen molar-refractivity contribution in [3.8, 4) is 0 Å². The first-order valence-electron chi connectivity index (χ1n) is 4.76. The second kappa shape index (κ2) is 3.11. The molecule has 2 nitrogen and oxygen atoms in total. The largest absolute Gasteiger partial charge is 0.374 e. The van der Waals surface area contributed by atoms with E-state index in [1.165, 1.54) is 38.6 Å². The summed E-state index contributed by atoms with van der Waals surface area (Å²) in [4.78, 5) is 0. The molecule has 2 aliphatic rings. The number of ether oxygens (including phenoxy) is 1. The number of rotatable bonds is 0. The van der Waals surface area contributed by atoms with E-state index in [0.717, 1.165) is 13.2 Å². The van der Waals surface area contributed by atoms with Crippen LogP contribution in [0.3, 0.4) is 0 Å². The van der Waals surface area contributed by atoms with Gasteiger partial charge in [0.2, 0.25) is 0 Å². The minimum Gasteiger partial charge on any atom is -0.374 e. The molecule has 1 saturated carbocycles. The van der Waals surface area contributed by atoms with Crippen molar-refractivity contribution in [3.63, 3.8) is 0 Å². The van der Waals surface area contributed by atoms with E-state index in [1.807, 2.05) is 0 Å². The Hall–Kier alpha value is -0.0800. The normalized spacial score (nSPS) is 30.5. The summed E-state index contributed by atoms with van der Waals surface area (Å²) in [6.07, 6.45) is 6.42. The first kappa shape index (κ1) is 7.56. The molecule has 0 aromatic rings. The molecule has 2 fully saturated rings. The van der Waals surface area contributed by atoms with Crippen molar-refractivity contribution in [1.82, 2.24) is 5.32 Å². The molecule has 11 heavy (non-hydrogen) atoms. The summed E-state index contributed by atoms with van der Waals surface area (Å²) in [5.41, 5.74) is 0.264. The van der Waals surface area contributed by atoms with Crippen molar-refractivity contribution in [2.24, 2.45) is 0 Å². The van der Waals surface area contributed by atoms with E-state index in [0.29, 0.717) is 0 Å². The molecule has 2 rings (SSSR count). The topological polar surface area (TPSA) is 21.3 Å². The Morgan fingerprint density at radius 3 is 2.73 bits per heavy atom. The Labute approximate surface area is 68.3 Å². The molecule has 0 bridgehead atoms. The molecule has 0 atom stereocenters. The summed E-state index contributed by atoms with van der Waals surface area (Å²) in [5, 5.41) is 3.46. The van der Waals surface area contributed by atoms with E-state index in [1.54, 1.807) is 0 Å². The molecule has 0 aromatic heterocycles. The molecule has 1 saturated heterocycles. The maximum absolute atomic E-state index is 5.84. The molecule has 64 valence electrons. The smallest absolute Gasteiger partial charge is 0.0806 e. The van der Waals surface area contributed by atoms with Crippen LogP contribution < -0.4 is 5.32 Å². The summed E-state index contributed by atoms with van der Waals surface area (Å²) in [7, 11) is 0. The second-order valence-electron chi connectivity index (χ2n) is 3.77. The minimum atomic E-state index is 0.264. The third-order valence-corrected chi connectivity index (χ3v) is 2.87. The van der Waals surface area contributed by atoms with Gasteiger partial charge in [-0.15, -0.1) is 0 Å². The molecular formula is C9H17NO. The Kier molecular flexibility index (Phi) is 2.14. The van der Waals surface area contributed by atoms with Gasteiger partial charge in [-0.25, -0.2) is 0 Å². The summed E-state index contributed by atoms with van der Waals surface area (Å²) in [6, 6.07) is 0. The van der Waals surface area contributed by atoms with Crippen molar-refractivity contribution in [2.45, 2.75) is 37.7 Å². The van der Waals surface area contributed by atoms with Crippen LogP contribution >= 0.6 is 0 Å². The zero-order chi connectivity index (χ0) is 7.57. The Morgan fingerprint density at radius 1 is 1.09 bits per heavy atom. The molecule has 1 aliphatic carbocycles. The van der Waals surface area contributed by atoms with Gasteiger partial charge < -0.3 is 10.1 Å². The van der Waals surface area contributed by atoms with Crippen molar-refractivity contribution < 1.29 is 4.74 Å². The zero-order valence-corrected chi connectivity index (χ0v) is 7.07. The predicted octanol–water partition coefficient (Wildman–Crippen LogP) is 1.31. The first-order chi connectivity index (χ1) is 5.41. The van der Waals surface area contributed by atoms with Crippen molar-refractivity contribution in [2.75, 3.05) is 19.7 Å². The highest BCUT2D eigenvalue weighted by Gasteiger charge is 2.37. The van der Waals surface area contributed by atoms with E-state index < -0.39 is 0 Å². The quantitative estimate of drug-likeness (QED) is 0.569. The lowest BCUT2D eigenvalue weighted by atomic mass is 9.79. The van der Waals surface area contributed by atoms with Crippen molar-refractivity contribution in [1.29, 1.82) is 0 Å². The van der Waals surface area contributed by atoms with E-state index in [4.69, 9.17) is 4.74 Å². The molecule has 1 aliphatic heterocycles. The van der Waals surface area contributed by atoms with Crippen LogP contribution in [0, 0.1) is 0 Å². The fourth-order valence-corrected chi connectivity index (χ4v) is 1.90. The molecule has 1 spiro atoms. The van der Waals surface area contributed by atoms with Gasteiger partial charge in [-0.05, 0) is 38.6 Å². The SMILES string of the molecule is C1CCOC2(CCC2)CNC1. The summed E-state index contributed by atoms with van der Waals surface area (Å²) in [6.45, 7) is 3.26. The standard InChI is InChI=1S/C9H17NO/c1-2-7-11-9(4-3-5-9)8-10-6-1/h10H,1-8H2. The van der Waals surface area contributed by atoms with Crippen LogP contribution in [-0.4, -0.2) is 25.3 Å². The lowest BCUT2D eigenvalue weighted by molar-refractivity contribution is -0.102. The minimum absolute atomic E-state index is 0.264. The highest BCUT2D eigenvalue weighted by molar-refractivity contribution is 4.92. The lowest BCUT2D eigenvalue weighted by Crippen LogP contribution is -2.50. The van der Waals surface area contributed by atoms with E-state index in [9.17, 15) is 0 Å². The maximum atomic E-state index is 5.84. The highest BCUT2D eigenvalue weighted by atomic mass is 16.5. The van der Waals surface area contributed by atoms with E-state index >= 15 is 0 Å². The summed E-state index contributed by atoms with van der Waals surface area (Å²) in [5.74, 6) is 0. The van der Waals surface area contributed by atoms with Crippen LogP contribution in [0.1, 0.15) is 32.1 Å². The third kappa shape index (κ3) is 1.57. The molecule has 0 aromatic carbocycles. The third-order valence-electron chi connectivity index (χ3n) is 2.87. The predicted molar refractivity (Wildman–Crippen MR) is 44.6 cm³/mol. The lowest BCUT2D eigenvalue weighted by Gasteiger charge is -2.42. The van der Waals surface area contributed by atoms with Crippen molar-refractivity contribution in [3.05, 3.63) is 0 Å². The monoisotopic (exact) mass is 155 g/mol. The average Bonchev–Trinajstić information content (AvgIpc) is 1.82. The molecule has 2 heteroatoms. The highest BCUT2D eigenvalue weighted by Crippen LogP contribution is 2.35. The van der Waals surface area contributed by atoms with Crippen LogP contribution in [0.5, 0.6) is 0 Å². The molecule has 0 radical (unpaired) electrons. The summed E-state index contributed by atoms with van der Waals surface area (Å²) >= 11 is 0. The number of hydrogen-bond donors (Lipinski definition) is 1. The average molecular weight is 155 g/mol. The van der Waals surface area contributed by atoms with Gasteiger partial charge in [-0.1, -0.05) is 0 Å². The van der Waals surface area contributed by atoms with E-state index in [2.05, 4.69) is 5.32 Å².